The molecule has 0 radical (unpaired) electrons. The van der Waals surface area contributed by atoms with Gasteiger partial charge >= 0.3 is 0 Å². The van der Waals surface area contributed by atoms with E-state index >= 15 is 0 Å². The van der Waals surface area contributed by atoms with Crippen molar-refractivity contribution in [1.82, 2.24) is 0 Å². The molecule has 0 spiro atoms. The zero-order chi connectivity index (χ0) is 22.0. The molecule has 1 aliphatic carbocycles. The Hall–Kier alpha value is -2.89. The summed E-state index contributed by atoms with van der Waals surface area (Å²) in [5.41, 5.74) is 0.825. The fourth-order valence-electron chi connectivity index (χ4n) is 3.40. The van der Waals surface area contributed by atoms with Gasteiger partial charge in [-0.15, -0.1) is 0 Å². The van der Waals surface area contributed by atoms with Crippen LogP contribution in [0.3, 0.4) is 0 Å². The number of amides is 1. The van der Waals surface area contributed by atoms with E-state index in [4.69, 9.17) is 18.9 Å². The maximum atomic E-state index is 13.0. The molecule has 2 aliphatic rings. The Morgan fingerprint density at radius 2 is 1.61 bits per heavy atom. The summed E-state index contributed by atoms with van der Waals surface area (Å²) in [6.45, 7) is 7.52. The van der Waals surface area contributed by atoms with Gasteiger partial charge in [-0.3, -0.25) is 4.79 Å². The molecule has 0 bridgehead atoms. The van der Waals surface area contributed by atoms with Gasteiger partial charge in [0.2, 0.25) is 0 Å². The summed E-state index contributed by atoms with van der Waals surface area (Å²) in [4.78, 5) is 14.7. The second-order valence-corrected chi connectivity index (χ2v) is 9.36. The minimum Gasteiger partial charge on any atom is -0.493 e. The van der Waals surface area contributed by atoms with E-state index in [9.17, 15) is 4.79 Å². The van der Waals surface area contributed by atoms with E-state index in [0.29, 0.717) is 42.9 Å². The van der Waals surface area contributed by atoms with E-state index in [-0.39, 0.29) is 11.3 Å². The summed E-state index contributed by atoms with van der Waals surface area (Å²) >= 11 is 0. The van der Waals surface area contributed by atoms with Gasteiger partial charge in [0.05, 0.1) is 19.8 Å². The van der Waals surface area contributed by atoms with Crippen LogP contribution in [0.1, 0.15) is 40.0 Å². The summed E-state index contributed by atoms with van der Waals surface area (Å²) in [7, 11) is 1.61. The fourth-order valence-corrected chi connectivity index (χ4v) is 3.40. The molecule has 1 aliphatic heterocycles. The first kappa shape index (κ1) is 21.3. The van der Waals surface area contributed by atoms with Crippen LogP contribution in [0.25, 0.3) is 0 Å². The highest BCUT2D eigenvalue weighted by atomic mass is 16.5. The van der Waals surface area contributed by atoms with Crippen LogP contribution < -0.4 is 23.8 Å². The molecule has 1 unspecified atom stereocenters. The molecule has 1 amide bonds. The number of nitrogens with zero attached hydrogens (tertiary/aromatic N) is 1. The maximum Gasteiger partial charge on any atom is 0.268 e. The minimum atomic E-state index is -0.502. The number of hydrogen-bond acceptors (Lipinski definition) is 5. The highest BCUT2D eigenvalue weighted by Crippen LogP contribution is 2.35. The van der Waals surface area contributed by atoms with Gasteiger partial charge < -0.3 is 23.8 Å². The summed E-state index contributed by atoms with van der Waals surface area (Å²) in [5, 5.41) is 0. The Labute approximate surface area is 184 Å². The van der Waals surface area contributed by atoms with Crippen LogP contribution in [0.5, 0.6) is 23.0 Å². The van der Waals surface area contributed by atoms with Crippen LogP contribution >= 0.6 is 0 Å². The monoisotopic (exact) mass is 425 g/mol. The number of hydrogen-bond donors (Lipinski definition) is 0. The van der Waals surface area contributed by atoms with Crippen molar-refractivity contribution in [3.05, 3.63) is 42.5 Å². The molecule has 31 heavy (non-hydrogen) atoms. The van der Waals surface area contributed by atoms with Crippen molar-refractivity contribution in [1.29, 1.82) is 0 Å². The molecule has 6 nitrogen and oxygen atoms in total. The minimum absolute atomic E-state index is 0.0430. The van der Waals surface area contributed by atoms with Crippen LogP contribution in [-0.4, -0.2) is 38.4 Å². The smallest absolute Gasteiger partial charge is 0.268 e. The lowest BCUT2D eigenvalue weighted by molar-refractivity contribution is -0.122. The van der Waals surface area contributed by atoms with Gasteiger partial charge in [0.25, 0.3) is 5.91 Å². The predicted molar refractivity (Wildman–Crippen MR) is 119 cm³/mol. The van der Waals surface area contributed by atoms with Crippen molar-refractivity contribution >= 4 is 11.6 Å². The van der Waals surface area contributed by atoms with Crippen molar-refractivity contribution in [2.75, 3.05) is 25.2 Å². The van der Waals surface area contributed by atoms with Gasteiger partial charge in [0.15, 0.2) is 17.6 Å². The van der Waals surface area contributed by atoms with Crippen LogP contribution in [0.2, 0.25) is 0 Å². The highest BCUT2D eigenvalue weighted by molar-refractivity contribution is 5.99. The van der Waals surface area contributed by atoms with Gasteiger partial charge in [-0.25, -0.2) is 0 Å². The van der Waals surface area contributed by atoms with Crippen molar-refractivity contribution in [3.63, 3.8) is 0 Å². The molecule has 6 heteroatoms. The van der Waals surface area contributed by atoms with E-state index in [0.717, 1.165) is 24.3 Å². The molecule has 1 heterocycles. The quantitative estimate of drug-likeness (QED) is 0.605. The van der Waals surface area contributed by atoms with Crippen molar-refractivity contribution < 1.29 is 23.7 Å². The fraction of sp³-hybridized carbons (Fsp3) is 0.480. The Kier molecular flexibility index (Phi) is 5.99. The lowest BCUT2D eigenvalue weighted by atomic mass is 9.99. The average molecular weight is 426 g/mol. The first-order valence-corrected chi connectivity index (χ1v) is 10.9. The molecule has 1 atom stereocenters. The number of benzene rings is 2. The molecule has 0 N–H and O–H groups in total. The number of carbonyl (C=O) groups is 1. The third-order valence-electron chi connectivity index (χ3n) is 5.21. The zero-order valence-electron chi connectivity index (χ0n) is 18.7. The summed E-state index contributed by atoms with van der Waals surface area (Å²) < 4.78 is 23.1. The number of rotatable bonds is 8. The van der Waals surface area contributed by atoms with Crippen molar-refractivity contribution in [2.45, 2.75) is 52.2 Å². The molecule has 2 fully saturated rings. The topological polar surface area (TPSA) is 57.2 Å². The van der Waals surface area contributed by atoms with Gasteiger partial charge in [0.1, 0.15) is 11.5 Å². The van der Waals surface area contributed by atoms with E-state index in [1.165, 1.54) is 0 Å². The van der Waals surface area contributed by atoms with Gasteiger partial charge in [-0.2, -0.15) is 0 Å². The Morgan fingerprint density at radius 3 is 2.23 bits per heavy atom. The normalized spacial score (nSPS) is 18.8. The molecular weight excluding hydrogens is 394 g/mol. The third-order valence-corrected chi connectivity index (χ3v) is 5.21. The lowest BCUT2D eigenvalue weighted by Crippen LogP contribution is -2.32. The predicted octanol–water partition coefficient (Wildman–Crippen LogP) is 4.85. The molecule has 0 aromatic heterocycles. The molecule has 1 saturated carbocycles. The van der Waals surface area contributed by atoms with Crippen molar-refractivity contribution in [3.8, 4) is 23.0 Å². The molecular formula is C25H31NO5. The Morgan fingerprint density at radius 1 is 0.935 bits per heavy atom. The average Bonchev–Trinajstić information content (AvgIpc) is 3.49. The van der Waals surface area contributed by atoms with E-state index in [2.05, 4.69) is 20.8 Å². The first-order chi connectivity index (χ1) is 14.8. The molecule has 1 saturated heterocycles. The molecule has 2 aromatic rings. The molecule has 4 rings (SSSR count). The number of ether oxygens (including phenoxy) is 4. The van der Waals surface area contributed by atoms with E-state index in [1.807, 2.05) is 42.5 Å². The van der Waals surface area contributed by atoms with Crippen LogP contribution in [0, 0.1) is 5.41 Å². The standard InChI is InChI=1S/C25H31NO5/c1-25(2,3)16-29-21-12-5-17(15-23(21)28-4)26-14-13-22(24(26)27)31-20-10-8-19(9-11-20)30-18-6-7-18/h5,8-12,15,18,22H,6-7,13-14,16H2,1-4H3. The van der Waals surface area contributed by atoms with Crippen LogP contribution in [-0.2, 0) is 4.79 Å². The third kappa shape index (κ3) is 5.43. The Bertz CT molecular complexity index is 914. The van der Waals surface area contributed by atoms with Crippen molar-refractivity contribution in [2.24, 2.45) is 5.41 Å². The van der Waals surface area contributed by atoms with Crippen LogP contribution in [0.4, 0.5) is 5.69 Å². The number of anilines is 1. The highest BCUT2D eigenvalue weighted by Gasteiger charge is 2.35. The summed E-state index contributed by atoms with van der Waals surface area (Å²) in [6, 6.07) is 13.1. The van der Waals surface area contributed by atoms with Gasteiger partial charge in [0, 0.05) is 24.7 Å². The number of carbonyl (C=O) groups excluding carboxylic acids is 1. The lowest BCUT2D eigenvalue weighted by Gasteiger charge is -2.22. The van der Waals surface area contributed by atoms with E-state index < -0.39 is 6.10 Å². The number of methoxy groups -OCH3 is 1. The summed E-state index contributed by atoms with van der Waals surface area (Å²) in [6.07, 6.45) is 2.74. The largest absolute Gasteiger partial charge is 0.493 e. The van der Waals surface area contributed by atoms with Gasteiger partial charge in [-0.05, 0) is 54.7 Å². The van der Waals surface area contributed by atoms with E-state index in [1.54, 1.807) is 12.0 Å². The summed E-state index contributed by atoms with van der Waals surface area (Å²) in [5.74, 6) is 2.75. The SMILES string of the molecule is COc1cc(N2CCC(Oc3ccc(OC4CC4)cc3)C2=O)ccc1OCC(C)(C)C. The first-order valence-electron chi connectivity index (χ1n) is 10.9. The maximum absolute atomic E-state index is 13.0. The second-order valence-electron chi connectivity index (χ2n) is 9.36. The van der Waals surface area contributed by atoms with Crippen LogP contribution in [0.15, 0.2) is 42.5 Å². The Balaban J connectivity index is 1.39. The van der Waals surface area contributed by atoms with Gasteiger partial charge in [-0.1, -0.05) is 20.8 Å². The second kappa shape index (κ2) is 8.69. The molecule has 2 aromatic carbocycles. The molecule has 166 valence electrons. The zero-order valence-corrected chi connectivity index (χ0v) is 18.7.